The van der Waals surface area contributed by atoms with Crippen molar-refractivity contribution in [3.8, 4) is 0 Å². The van der Waals surface area contributed by atoms with Crippen LogP contribution in [0, 0.1) is 5.92 Å². The zero-order valence-electron chi connectivity index (χ0n) is 24.1. The van der Waals surface area contributed by atoms with Crippen LogP contribution in [0.1, 0.15) is 168 Å². The second-order valence-electron chi connectivity index (χ2n) is 10.7. The lowest BCUT2D eigenvalue weighted by molar-refractivity contribution is -0.151. The van der Waals surface area contributed by atoms with Gasteiger partial charge in [0.2, 0.25) is 0 Å². The Hall–Kier alpha value is -1.32. The van der Waals surface area contributed by atoms with Gasteiger partial charge in [-0.15, -0.1) is 0 Å². The number of allylic oxidation sites excluding steroid dienone is 2. The van der Waals surface area contributed by atoms with Crippen molar-refractivity contribution in [1.82, 2.24) is 0 Å². The molecule has 0 saturated heterocycles. The second-order valence-corrected chi connectivity index (χ2v) is 10.7. The fourth-order valence-electron chi connectivity index (χ4n) is 4.65. The average Bonchev–Trinajstić information content (AvgIpc) is 2.87. The first-order valence-corrected chi connectivity index (χ1v) is 15.6. The fourth-order valence-corrected chi connectivity index (χ4v) is 4.65. The van der Waals surface area contributed by atoms with Crippen molar-refractivity contribution in [2.45, 2.75) is 168 Å². The molecule has 0 amide bonds. The van der Waals surface area contributed by atoms with E-state index in [0.29, 0.717) is 13.0 Å². The molecule has 0 radical (unpaired) electrons. The number of ether oxygens (including phenoxy) is 1. The Morgan fingerprint density at radius 1 is 0.611 bits per heavy atom. The standard InChI is InChI=1S/C32H60O4/c1-3-5-6-7-8-9-10-11-12-13-14-15-16-17-18-19-20-21-22-23-24-25-26-27-30(32(34)35)29-31(33)36-28-4-2/h7-8,30H,3-6,9-29H2,1-2H3,(H,34,35)/b8-7+. The molecule has 0 aromatic heterocycles. The lowest BCUT2D eigenvalue weighted by Gasteiger charge is -2.11. The number of unbranched alkanes of at least 4 members (excludes halogenated alkanes) is 19. The summed E-state index contributed by atoms with van der Waals surface area (Å²) >= 11 is 0. The summed E-state index contributed by atoms with van der Waals surface area (Å²) in [6.45, 7) is 4.56. The summed E-state index contributed by atoms with van der Waals surface area (Å²) in [6, 6.07) is 0. The predicted molar refractivity (Wildman–Crippen MR) is 153 cm³/mol. The van der Waals surface area contributed by atoms with Crippen LogP contribution in [0.5, 0.6) is 0 Å². The third-order valence-corrected chi connectivity index (χ3v) is 7.04. The smallest absolute Gasteiger partial charge is 0.307 e. The van der Waals surface area contributed by atoms with E-state index in [2.05, 4.69) is 19.1 Å². The summed E-state index contributed by atoms with van der Waals surface area (Å²) in [5.74, 6) is -1.85. The van der Waals surface area contributed by atoms with E-state index >= 15 is 0 Å². The first kappa shape index (κ1) is 34.7. The van der Waals surface area contributed by atoms with Crippen LogP contribution >= 0.6 is 0 Å². The normalized spacial score (nSPS) is 12.3. The molecule has 1 unspecified atom stereocenters. The van der Waals surface area contributed by atoms with Gasteiger partial charge in [-0.2, -0.15) is 0 Å². The van der Waals surface area contributed by atoms with E-state index in [1.807, 2.05) is 6.92 Å². The zero-order valence-corrected chi connectivity index (χ0v) is 24.1. The quantitative estimate of drug-likeness (QED) is 0.0648. The Bertz CT molecular complexity index is 514. The summed E-state index contributed by atoms with van der Waals surface area (Å²) in [5, 5.41) is 9.32. The average molecular weight is 509 g/mol. The third-order valence-electron chi connectivity index (χ3n) is 7.04. The first-order valence-electron chi connectivity index (χ1n) is 15.6. The molecule has 36 heavy (non-hydrogen) atoms. The Labute approximate surface area is 224 Å². The van der Waals surface area contributed by atoms with Gasteiger partial charge in [0.25, 0.3) is 0 Å². The van der Waals surface area contributed by atoms with Gasteiger partial charge in [-0.3, -0.25) is 9.59 Å². The Morgan fingerprint density at radius 3 is 1.44 bits per heavy atom. The number of carboxylic acids is 1. The summed E-state index contributed by atoms with van der Waals surface area (Å²) in [6.07, 6.45) is 33.6. The van der Waals surface area contributed by atoms with Crippen molar-refractivity contribution in [2.24, 2.45) is 5.92 Å². The molecule has 0 heterocycles. The van der Waals surface area contributed by atoms with Crippen molar-refractivity contribution >= 4 is 11.9 Å². The van der Waals surface area contributed by atoms with Gasteiger partial charge in [-0.1, -0.05) is 142 Å². The molecule has 0 aromatic carbocycles. The molecule has 0 aliphatic carbocycles. The minimum Gasteiger partial charge on any atom is -0.481 e. The number of aliphatic carboxylic acids is 1. The van der Waals surface area contributed by atoms with Crippen LogP contribution in [0.25, 0.3) is 0 Å². The molecule has 1 N–H and O–H groups in total. The van der Waals surface area contributed by atoms with Crippen LogP contribution in [0.3, 0.4) is 0 Å². The van der Waals surface area contributed by atoms with Crippen molar-refractivity contribution in [3.05, 3.63) is 12.2 Å². The number of carbonyl (C=O) groups is 2. The Balaban J connectivity index is 3.33. The van der Waals surface area contributed by atoms with Crippen molar-refractivity contribution in [1.29, 1.82) is 0 Å². The van der Waals surface area contributed by atoms with Crippen LogP contribution in [0.4, 0.5) is 0 Å². The van der Waals surface area contributed by atoms with Crippen molar-refractivity contribution in [3.63, 3.8) is 0 Å². The highest BCUT2D eigenvalue weighted by molar-refractivity contribution is 5.78. The highest BCUT2D eigenvalue weighted by atomic mass is 16.5. The van der Waals surface area contributed by atoms with Gasteiger partial charge in [-0.25, -0.2) is 0 Å². The van der Waals surface area contributed by atoms with E-state index in [0.717, 1.165) is 19.3 Å². The highest BCUT2D eigenvalue weighted by Crippen LogP contribution is 2.18. The molecule has 0 aliphatic heterocycles. The minimum absolute atomic E-state index is 0.00660. The number of carboxylic acid groups (broad SMARTS) is 1. The molecule has 1 atom stereocenters. The molecule has 0 aromatic rings. The number of carbonyl (C=O) groups excluding carboxylic acids is 1. The lowest BCUT2D eigenvalue weighted by atomic mass is 9.97. The van der Waals surface area contributed by atoms with Crippen molar-refractivity contribution < 1.29 is 19.4 Å². The number of hydrogen-bond donors (Lipinski definition) is 1. The Morgan fingerprint density at radius 2 is 1.03 bits per heavy atom. The molecular formula is C32H60O4. The van der Waals surface area contributed by atoms with E-state index < -0.39 is 11.9 Å². The number of hydrogen-bond acceptors (Lipinski definition) is 3. The molecule has 4 heteroatoms. The van der Waals surface area contributed by atoms with Gasteiger partial charge >= 0.3 is 11.9 Å². The minimum atomic E-state index is -0.875. The van der Waals surface area contributed by atoms with E-state index in [1.165, 1.54) is 122 Å². The SMILES string of the molecule is CCCC/C=C/CCCCCCCCCCCCCCCCCCCC(CC(=O)OCCC)C(=O)O. The maximum absolute atomic E-state index is 11.7. The van der Waals surface area contributed by atoms with Gasteiger partial charge in [-0.05, 0) is 32.1 Å². The summed E-state index contributed by atoms with van der Waals surface area (Å²) in [4.78, 5) is 23.0. The number of rotatable bonds is 28. The molecule has 0 rings (SSSR count). The molecule has 4 nitrogen and oxygen atoms in total. The molecule has 0 aliphatic rings. The summed E-state index contributed by atoms with van der Waals surface area (Å²) in [5.41, 5.74) is 0. The van der Waals surface area contributed by atoms with E-state index in [1.54, 1.807) is 0 Å². The molecular weight excluding hydrogens is 448 g/mol. The second kappa shape index (κ2) is 28.3. The lowest BCUT2D eigenvalue weighted by Crippen LogP contribution is -2.19. The largest absolute Gasteiger partial charge is 0.481 e. The molecule has 0 spiro atoms. The van der Waals surface area contributed by atoms with Gasteiger partial charge in [0.15, 0.2) is 0 Å². The van der Waals surface area contributed by atoms with Crippen LogP contribution in [-0.2, 0) is 14.3 Å². The van der Waals surface area contributed by atoms with Gasteiger partial charge in [0.05, 0.1) is 18.9 Å². The predicted octanol–water partition coefficient (Wildman–Crippen LogP) is 10.2. The first-order chi connectivity index (χ1) is 17.6. The van der Waals surface area contributed by atoms with Gasteiger partial charge in [0, 0.05) is 0 Å². The Kier molecular flexibility index (Phi) is 27.2. The maximum Gasteiger partial charge on any atom is 0.307 e. The summed E-state index contributed by atoms with van der Waals surface area (Å²) in [7, 11) is 0. The fraction of sp³-hybridized carbons (Fsp3) is 0.875. The van der Waals surface area contributed by atoms with Crippen molar-refractivity contribution in [2.75, 3.05) is 6.61 Å². The maximum atomic E-state index is 11.7. The third kappa shape index (κ3) is 25.8. The molecule has 0 bridgehead atoms. The van der Waals surface area contributed by atoms with Gasteiger partial charge < -0.3 is 9.84 Å². The zero-order chi connectivity index (χ0) is 26.5. The van der Waals surface area contributed by atoms with Crippen LogP contribution < -0.4 is 0 Å². The van der Waals surface area contributed by atoms with Gasteiger partial charge in [0.1, 0.15) is 0 Å². The highest BCUT2D eigenvalue weighted by Gasteiger charge is 2.21. The van der Waals surface area contributed by atoms with Crippen LogP contribution in [0.2, 0.25) is 0 Å². The van der Waals surface area contributed by atoms with Crippen LogP contribution in [-0.4, -0.2) is 23.7 Å². The van der Waals surface area contributed by atoms with E-state index in [-0.39, 0.29) is 12.4 Å². The summed E-state index contributed by atoms with van der Waals surface area (Å²) < 4.78 is 5.02. The van der Waals surface area contributed by atoms with E-state index in [4.69, 9.17) is 4.74 Å². The van der Waals surface area contributed by atoms with Crippen LogP contribution in [0.15, 0.2) is 12.2 Å². The monoisotopic (exact) mass is 508 g/mol. The molecule has 212 valence electrons. The molecule has 0 saturated carbocycles. The molecule has 0 fully saturated rings. The van der Waals surface area contributed by atoms with E-state index in [9.17, 15) is 14.7 Å². The topological polar surface area (TPSA) is 63.6 Å². The number of esters is 1.